The van der Waals surface area contributed by atoms with Crippen molar-refractivity contribution in [2.75, 3.05) is 23.9 Å². The van der Waals surface area contributed by atoms with E-state index in [4.69, 9.17) is 4.74 Å². The van der Waals surface area contributed by atoms with Gasteiger partial charge in [-0.2, -0.15) is 0 Å². The predicted molar refractivity (Wildman–Crippen MR) is 88.7 cm³/mol. The number of aryl methyl sites for hydroxylation is 1. The van der Waals surface area contributed by atoms with Gasteiger partial charge in [-0.1, -0.05) is 36.4 Å². The largest absolute Gasteiger partial charge is 0.481 e. The molecule has 5 heteroatoms. The van der Waals surface area contributed by atoms with E-state index in [0.29, 0.717) is 30.0 Å². The number of nitrogens with one attached hydrogen (secondary N) is 1. The molecule has 0 spiro atoms. The number of anilines is 2. The maximum atomic E-state index is 12.2. The second kappa shape index (κ2) is 6.52. The summed E-state index contributed by atoms with van der Waals surface area (Å²) in [6.07, 6.45) is 1.05. The van der Waals surface area contributed by atoms with E-state index in [-0.39, 0.29) is 18.4 Å². The van der Waals surface area contributed by atoms with Gasteiger partial charge in [0.05, 0.1) is 5.69 Å². The smallest absolute Gasteiger partial charge is 0.264 e. The molecule has 2 aromatic carbocycles. The number of likely N-dealkylation sites (N-methyl/N-ethyl adjacent to an activating group) is 1. The first-order valence-corrected chi connectivity index (χ1v) is 7.51. The SMILES string of the molecule is CN1C(=O)COc2cccc(NC(=O)CCc3ccccc3)c21. The predicted octanol–water partition coefficient (Wildman–Crippen LogP) is 2.61. The Labute approximate surface area is 134 Å². The average Bonchev–Trinajstić information content (AvgIpc) is 2.57. The van der Waals surface area contributed by atoms with Crippen LogP contribution in [0.3, 0.4) is 0 Å². The van der Waals surface area contributed by atoms with Crippen molar-refractivity contribution in [1.29, 1.82) is 0 Å². The molecule has 2 amide bonds. The summed E-state index contributed by atoms with van der Waals surface area (Å²) in [5, 5.41) is 2.88. The molecule has 5 nitrogen and oxygen atoms in total. The second-order valence-electron chi connectivity index (χ2n) is 5.43. The Morgan fingerprint density at radius 1 is 1.17 bits per heavy atom. The normalized spacial score (nSPS) is 13.3. The summed E-state index contributed by atoms with van der Waals surface area (Å²) >= 11 is 0. The van der Waals surface area contributed by atoms with Crippen LogP contribution in [-0.2, 0) is 16.0 Å². The lowest BCUT2D eigenvalue weighted by Gasteiger charge is -2.28. The monoisotopic (exact) mass is 310 g/mol. The lowest BCUT2D eigenvalue weighted by molar-refractivity contribution is -0.121. The van der Waals surface area contributed by atoms with E-state index in [2.05, 4.69) is 5.32 Å². The number of amides is 2. The highest BCUT2D eigenvalue weighted by Gasteiger charge is 2.25. The maximum Gasteiger partial charge on any atom is 0.264 e. The molecule has 0 saturated carbocycles. The van der Waals surface area contributed by atoms with Gasteiger partial charge in [0.2, 0.25) is 5.91 Å². The van der Waals surface area contributed by atoms with E-state index in [1.54, 1.807) is 25.2 Å². The minimum absolute atomic E-state index is 0.0227. The Morgan fingerprint density at radius 2 is 1.96 bits per heavy atom. The molecule has 0 bridgehead atoms. The van der Waals surface area contributed by atoms with Gasteiger partial charge in [0.15, 0.2) is 6.61 Å². The van der Waals surface area contributed by atoms with Crippen molar-refractivity contribution in [3.05, 3.63) is 54.1 Å². The molecule has 0 aromatic heterocycles. The summed E-state index contributed by atoms with van der Waals surface area (Å²) in [7, 11) is 1.68. The number of para-hydroxylation sites is 1. The van der Waals surface area contributed by atoms with Crippen molar-refractivity contribution >= 4 is 23.2 Å². The Kier molecular flexibility index (Phi) is 4.28. The van der Waals surface area contributed by atoms with Gasteiger partial charge in [0.25, 0.3) is 5.91 Å². The number of benzene rings is 2. The molecule has 0 aliphatic carbocycles. The van der Waals surface area contributed by atoms with Crippen LogP contribution in [0.4, 0.5) is 11.4 Å². The third kappa shape index (κ3) is 3.34. The minimum atomic E-state index is -0.136. The highest BCUT2D eigenvalue weighted by molar-refractivity contribution is 6.04. The summed E-state index contributed by atoms with van der Waals surface area (Å²) in [6, 6.07) is 15.2. The van der Waals surface area contributed by atoms with Gasteiger partial charge in [0.1, 0.15) is 11.4 Å². The molecular formula is C18H18N2O3. The van der Waals surface area contributed by atoms with Crippen LogP contribution in [0.5, 0.6) is 5.75 Å². The van der Waals surface area contributed by atoms with E-state index >= 15 is 0 Å². The topological polar surface area (TPSA) is 58.6 Å². The molecule has 0 fully saturated rings. The summed E-state index contributed by atoms with van der Waals surface area (Å²) in [4.78, 5) is 25.5. The molecule has 118 valence electrons. The molecule has 3 rings (SSSR count). The molecule has 1 aliphatic rings. The summed E-state index contributed by atoms with van der Waals surface area (Å²) < 4.78 is 5.42. The molecule has 0 atom stereocenters. The Balaban J connectivity index is 1.71. The van der Waals surface area contributed by atoms with Crippen molar-refractivity contribution in [3.63, 3.8) is 0 Å². The molecule has 1 N–H and O–H groups in total. The highest BCUT2D eigenvalue weighted by atomic mass is 16.5. The van der Waals surface area contributed by atoms with Crippen LogP contribution < -0.4 is 15.0 Å². The quantitative estimate of drug-likeness (QED) is 0.944. The molecule has 23 heavy (non-hydrogen) atoms. The number of rotatable bonds is 4. The number of hydrogen-bond donors (Lipinski definition) is 1. The lowest BCUT2D eigenvalue weighted by Crippen LogP contribution is -2.36. The first-order valence-electron chi connectivity index (χ1n) is 7.51. The maximum absolute atomic E-state index is 12.2. The fourth-order valence-electron chi connectivity index (χ4n) is 2.56. The van der Waals surface area contributed by atoms with Crippen LogP contribution in [0.1, 0.15) is 12.0 Å². The van der Waals surface area contributed by atoms with Gasteiger partial charge in [-0.3, -0.25) is 9.59 Å². The van der Waals surface area contributed by atoms with Gasteiger partial charge in [-0.25, -0.2) is 0 Å². The zero-order chi connectivity index (χ0) is 16.2. The first-order chi connectivity index (χ1) is 11.1. The van der Waals surface area contributed by atoms with Crippen molar-refractivity contribution in [2.45, 2.75) is 12.8 Å². The molecule has 0 saturated heterocycles. The number of carbonyl (C=O) groups excluding carboxylic acids is 2. The number of hydrogen-bond acceptors (Lipinski definition) is 3. The molecule has 1 heterocycles. The van der Waals surface area contributed by atoms with Crippen LogP contribution in [0, 0.1) is 0 Å². The molecular weight excluding hydrogens is 292 g/mol. The summed E-state index contributed by atoms with van der Waals surface area (Å²) in [6.45, 7) is 0.0227. The van der Waals surface area contributed by atoms with E-state index in [1.165, 1.54) is 4.90 Å². The van der Waals surface area contributed by atoms with Gasteiger partial charge in [-0.05, 0) is 24.1 Å². The molecule has 0 unspecified atom stereocenters. The summed E-state index contributed by atoms with van der Waals surface area (Å²) in [5.41, 5.74) is 2.32. The van der Waals surface area contributed by atoms with Gasteiger partial charge in [0, 0.05) is 13.5 Å². The van der Waals surface area contributed by atoms with Crippen LogP contribution in [0.25, 0.3) is 0 Å². The summed E-state index contributed by atoms with van der Waals surface area (Å²) in [5.74, 6) is 0.380. The fraction of sp³-hybridized carbons (Fsp3) is 0.222. The van der Waals surface area contributed by atoms with E-state index in [1.807, 2.05) is 30.3 Å². The van der Waals surface area contributed by atoms with E-state index in [9.17, 15) is 9.59 Å². The number of nitrogens with zero attached hydrogens (tertiary/aromatic N) is 1. The van der Waals surface area contributed by atoms with Crippen LogP contribution >= 0.6 is 0 Å². The van der Waals surface area contributed by atoms with Crippen LogP contribution in [0.15, 0.2) is 48.5 Å². The molecule has 2 aromatic rings. The number of ether oxygens (including phenoxy) is 1. The van der Waals surface area contributed by atoms with Gasteiger partial charge < -0.3 is 15.0 Å². The van der Waals surface area contributed by atoms with Crippen molar-refractivity contribution in [2.24, 2.45) is 0 Å². The standard InChI is InChI=1S/C18H18N2O3/c1-20-17(22)12-23-15-9-5-8-14(18(15)20)19-16(21)11-10-13-6-3-2-4-7-13/h2-9H,10-12H2,1H3,(H,19,21). The van der Waals surface area contributed by atoms with Crippen LogP contribution in [0.2, 0.25) is 0 Å². The fourth-order valence-corrected chi connectivity index (χ4v) is 2.56. The second-order valence-corrected chi connectivity index (χ2v) is 5.43. The Morgan fingerprint density at radius 3 is 2.74 bits per heavy atom. The van der Waals surface area contributed by atoms with E-state index < -0.39 is 0 Å². The zero-order valence-corrected chi connectivity index (χ0v) is 12.9. The average molecular weight is 310 g/mol. The molecule has 1 aliphatic heterocycles. The zero-order valence-electron chi connectivity index (χ0n) is 12.9. The van der Waals surface area contributed by atoms with Crippen molar-refractivity contribution in [1.82, 2.24) is 0 Å². The van der Waals surface area contributed by atoms with Crippen LogP contribution in [-0.4, -0.2) is 25.5 Å². The third-order valence-electron chi connectivity index (χ3n) is 3.82. The lowest BCUT2D eigenvalue weighted by atomic mass is 10.1. The molecule has 0 radical (unpaired) electrons. The Bertz CT molecular complexity index is 728. The highest BCUT2D eigenvalue weighted by Crippen LogP contribution is 2.38. The van der Waals surface area contributed by atoms with Gasteiger partial charge in [-0.15, -0.1) is 0 Å². The number of fused-ring (bicyclic) bond motifs is 1. The third-order valence-corrected chi connectivity index (χ3v) is 3.82. The van der Waals surface area contributed by atoms with E-state index in [0.717, 1.165) is 5.56 Å². The van der Waals surface area contributed by atoms with Crippen molar-refractivity contribution < 1.29 is 14.3 Å². The van der Waals surface area contributed by atoms with Crippen molar-refractivity contribution in [3.8, 4) is 5.75 Å². The number of carbonyl (C=O) groups is 2. The minimum Gasteiger partial charge on any atom is -0.481 e. The first kappa shape index (κ1) is 15.1. The Hall–Kier alpha value is -2.82. The van der Waals surface area contributed by atoms with Gasteiger partial charge >= 0.3 is 0 Å².